The van der Waals surface area contributed by atoms with Crippen molar-refractivity contribution in [3.8, 4) is 11.1 Å². The van der Waals surface area contributed by atoms with Crippen molar-refractivity contribution in [2.75, 3.05) is 13.1 Å². The van der Waals surface area contributed by atoms with Gasteiger partial charge in [0.25, 0.3) is 11.8 Å². The van der Waals surface area contributed by atoms with Crippen LogP contribution in [0.3, 0.4) is 0 Å². The van der Waals surface area contributed by atoms with Crippen LogP contribution in [-0.2, 0) is 4.79 Å². The molecular weight excluding hydrogens is 526 g/mol. The highest BCUT2D eigenvalue weighted by Gasteiger charge is 2.60. The molecule has 1 aliphatic carbocycles. The summed E-state index contributed by atoms with van der Waals surface area (Å²) in [5, 5.41) is 6.96. The van der Waals surface area contributed by atoms with Crippen LogP contribution in [0.2, 0.25) is 0 Å². The second kappa shape index (κ2) is 10.7. The van der Waals surface area contributed by atoms with Gasteiger partial charge in [-0.2, -0.15) is 0 Å². The summed E-state index contributed by atoms with van der Waals surface area (Å²) >= 11 is 0. The van der Waals surface area contributed by atoms with Crippen molar-refractivity contribution in [1.82, 2.24) is 25.5 Å². The van der Waals surface area contributed by atoms with Gasteiger partial charge >= 0.3 is 0 Å². The monoisotopic (exact) mass is 563 g/mol. The van der Waals surface area contributed by atoms with Gasteiger partial charge in [0.15, 0.2) is 0 Å². The molecule has 1 aliphatic heterocycles. The molecule has 3 N–H and O–H groups in total. The van der Waals surface area contributed by atoms with E-state index in [1.807, 2.05) is 86.3 Å². The van der Waals surface area contributed by atoms with Gasteiger partial charge < -0.3 is 20.5 Å². The van der Waals surface area contributed by atoms with E-state index in [1.165, 1.54) is 0 Å². The molecule has 0 bridgehead atoms. The zero-order valence-corrected chi connectivity index (χ0v) is 24.4. The zero-order chi connectivity index (χ0) is 29.6. The van der Waals surface area contributed by atoms with E-state index in [0.29, 0.717) is 42.2 Å². The Labute approximate surface area is 245 Å². The fourth-order valence-corrected chi connectivity index (χ4v) is 6.41. The number of pyridine rings is 1. The Morgan fingerprint density at radius 1 is 1.00 bits per heavy atom. The van der Waals surface area contributed by atoms with Gasteiger partial charge in [-0.25, -0.2) is 0 Å². The number of aromatic amines is 1. The number of rotatable bonds is 7. The van der Waals surface area contributed by atoms with Crippen molar-refractivity contribution in [2.24, 2.45) is 23.2 Å². The number of aromatic nitrogens is 2. The maximum Gasteiger partial charge on any atom is 0.272 e. The van der Waals surface area contributed by atoms with Gasteiger partial charge in [0.1, 0.15) is 17.4 Å². The van der Waals surface area contributed by atoms with Crippen molar-refractivity contribution >= 4 is 28.6 Å². The number of likely N-dealkylation sites (tertiary alicyclic amines) is 1. The van der Waals surface area contributed by atoms with E-state index in [0.717, 1.165) is 22.0 Å². The lowest BCUT2D eigenvalue weighted by atomic mass is 9.86. The minimum Gasteiger partial charge on any atom is -0.352 e. The fourth-order valence-electron chi connectivity index (χ4n) is 6.41. The first-order chi connectivity index (χ1) is 20.1. The van der Waals surface area contributed by atoms with Crippen LogP contribution < -0.4 is 10.6 Å². The molecule has 2 aliphatic rings. The molecule has 3 amide bonds. The third kappa shape index (κ3) is 5.29. The molecule has 4 aromatic rings. The number of carbonyl (C=O) groups excluding carboxylic acids is 3. The van der Waals surface area contributed by atoms with Crippen molar-refractivity contribution in [2.45, 2.75) is 39.8 Å². The molecule has 1 saturated heterocycles. The Kier molecular flexibility index (Phi) is 7.09. The van der Waals surface area contributed by atoms with E-state index < -0.39 is 11.5 Å². The second-order valence-corrected chi connectivity index (χ2v) is 12.7. The molecule has 8 nitrogen and oxygen atoms in total. The van der Waals surface area contributed by atoms with Gasteiger partial charge in [0.05, 0.1) is 6.04 Å². The van der Waals surface area contributed by atoms with Crippen LogP contribution in [-0.4, -0.2) is 57.8 Å². The van der Waals surface area contributed by atoms with E-state index in [4.69, 9.17) is 0 Å². The number of nitrogens with zero attached hydrogens (tertiary/aromatic N) is 2. The number of piperidine rings is 1. The van der Waals surface area contributed by atoms with Crippen molar-refractivity contribution < 1.29 is 14.4 Å². The van der Waals surface area contributed by atoms with Gasteiger partial charge in [-0.3, -0.25) is 19.4 Å². The predicted octanol–water partition coefficient (Wildman–Crippen LogP) is 4.90. The summed E-state index contributed by atoms with van der Waals surface area (Å²) in [7, 11) is 0. The molecule has 2 unspecified atom stereocenters. The molecule has 8 heteroatoms. The average Bonchev–Trinajstić information content (AvgIpc) is 3.31. The molecule has 6 rings (SSSR count). The normalized spacial score (nSPS) is 22.0. The van der Waals surface area contributed by atoms with Crippen LogP contribution in [0.4, 0.5) is 0 Å². The Morgan fingerprint density at radius 2 is 1.74 bits per heavy atom. The number of benzene rings is 2. The number of para-hydroxylation sites is 1. The van der Waals surface area contributed by atoms with E-state index in [9.17, 15) is 14.4 Å². The molecule has 2 fully saturated rings. The summed E-state index contributed by atoms with van der Waals surface area (Å²) in [6.07, 6.45) is 1.74. The molecule has 216 valence electrons. The van der Waals surface area contributed by atoms with Crippen LogP contribution in [0, 0.1) is 23.2 Å². The summed E-state index contributed by atoms with van der Waals surface area (Å²) < 4.78 is 0. The molecule has 0 radical (unpaired) electrons. The zero-order valence-electron chi connectivity index (χ0n) is 24.4. The standard InChI is InChI=1S/C34H37N5O3/c1-20-24-19-39(33(42)26-15-14-23(17-35-26)21-10-6-5-7-11-21)28(29(20)24)18-36-32(41)30(34(2,3)4)38-31(40)27-16-22-12-8-9-13-25(22)37-27/h5-17,20,24,28-30,37H,18-19H2,1-4H3,(H,36,41)(H,38,40)/t20?,24-,28-,29?,30-/m1/s1. The largest absolute Gasteiger partial charge is 0.352 e. The number of amides is 3. The molecule has 3 heterocycles. The lowest BCUT2D eigenvalue weighted by molar-refractivity contribution is -0.125. The minimum atomic E-state index is -0.762. The lowest BCUT2D eigenvalue weighted by Crippen LogP contribution is -2.56. The number of hydrogen-bond acceptors (Lipinski definition) is 4. The quantitative estimate of drug-likeness (QED) is 0.297. The highest BCUT2D eigenvalue weighted by atomic mass is 16.2. The van der Waals surface area contributed by atoms with E-state index in [2.05, 4.69) is 27.5 Å². The maximum absolute atomic E-state index is 13.6. The number of nitrogens with one attached hydrogen (secondary N) is 3. The molecule has 2 aromatic heterocycles. The molecule has 1 saturated carbocycles. The highest BCUT2D eigenvalue weighted by molar-refractivity contribution is 6.00. The molecule has 2 aromatic carbocycles. The average molecular weight is 564 g/mol. The molecular formula is C34H37N5O3. The third-order valence-corrected chi connectivity index (χ3v) is 8.90. The smallest absolute Gasteiger partial charge is 0.272 e. The first kappa shape index (κ1) is 27.7. The first-order valence-corrected chi connectivity index (χ1v) is 14.6. The summed E-state index contributed by atoms with van der Waals surface area (Å²) in [5.41, 5.74) is 3.14. The van der Waals surface area contributed by atoms with Gasteiger partial charge in [-0.15, -0.1) is 0 Å². The maximum atomic E-state index is 13.6. The van der Waals surface area contributed by atoms with Crippen molar-refractivity contribution in [3.63, 3.8) is 0 Å². The van der Waals surface area contributed by atoms with Crippen LogP contribution in [0.5, 0.6) is 0 Å². The Morgan fingerprint density at radius 3 is 2.43 bits per heavy atom. The molecule has 42 heavy (non-hydrogen) atoms. The van der Waals surface area contributed by atoms with Crippen LogP contribution in [0.1, 0.15) is 48.7 Å². The highest BCUT2D eigenvalue weighted by Crippen LogP contribution is 2.55. The van der Waals surface area contributed by atoms with Crippen LogP contribution in [0.15, 0.2) is 79.0 Å². The first-order valence-electron chi connectivity index (χ1n) is 14.6. The fraction of sp³-hybridized carbons (Fsp3) is 0.353. The van der Waals surface area contributed by atoms with Crippen molar-refractivity contribution in [1.29, 1.82) is 0 Å². The molecule has 0 spiro atoms. The van der Waals surface area contributed by atoms with Crippen LogP contribution in [0.25, 0.3) is 22.0 Å². The number of fused-ring (bicyclic) bond motifs is 2. The van der Waals surface area contributed by atoms with Gasteiger partial charge in [-0.1, -0.05) is 82.3 Å². The summed E-state index contributed by atoms with van der Waals surface area (Å²) in [4.78, 5) is 49.8. The second-order valence-electron chi connectivity index (χ2n) is 12.7. The van der Waals surface area contributed by atoms with E-state index in [1.54, 1.807) is 18.3 Å². The summed E-state index contributed by atoms with van der Waals surface area (Å²) in [6.45, 7) is 8.98. The number of carbonyl (C=O) groups is 3. The van der Waals surface area contributed by atoms with Gasteiger partial charge in [0.2, 0.25) is 5.91 Å². The predicted molar refractivity (Wildman–Crippen MR) is 163 cm³/mol. The van der Waals surface area contributed by atoms with Crippen molar-refractivity contribution in [3.05, 3.63) is 90.4 Å². The van der Waals surface area contributed by atoms with Gasteiger partial charge in [-0.05, 0) is 46.9 Å². The number of hydrogen-bond donors (Lipinski definition) is 3. The van der Waals surface area contributed by atoms with Gasteiger partial charge in [0, 0.05) is 35.8 Å². The summed E-state index contributed by atoms with van der Waals surface area (Å²) in [5.74, 6) is 0.560. The summed E-state index contributed by atoms with van der Waals surface area (Å²) in [6, 6.07) is 22.2. The Balaban J connectivity index is 1.14. The SMILES string of the molecule is CC1C2[C@@H]1CN(C(=O)c1ccc(-c3ccccc3)cn1)[C@@H]2CNC(=O)[C@@H](NC(=O)c1cc2ccccc2[nH]1)C(C)(C)C. The van der Waals surface area contributed by atoms with E-state index in [-0.39, 0.29) is 23.8 Å². The molecule has 5 atom stereocenters. The number of H-pyrrole nitrogens is 1. The van der Waals surface area contributed by atoms with Crippen LogP contribution >= 0.6 is 0 Å². The van der Waals surface area contributed by atoms with E-state index >= 15 is 0 Å². The Hall–Kier alpha value is -4.46. The third-order valence-electron chi connectivity index (χ3n) is 8.90. The Bertz CT molecular complexity index is 1590. The minimum absolute atomic E-state index is 0.118. The topological polar surface area (TPSA) is 107 Å². The lowest BCUT2D eigenvalue weighted by Gasteiger charge is -2.32.